The van der Waals surface area contributed by atoms with Crippen LogP contribution in [0.4, 0.5) is 0 Å². The van der Waals surface area contributed by atoms with Gasteiger partial charge in [-0.05, 0) is 45.8 Å². The Morgan fingerprint density at radius 3 is 1.35 bits per heavy atom. The van der Waals surface area contributed by atoms with Crippen LogP contribution in [-0.2, 0) is 9.09 Å². The van der Waals surface area contributed by atoms with Gasteiger partial charge in [0.2, 0.25) is 0 Å². The lowest BCUT2D eigenvalue weighted by atomic mass is 10.2. The number of unbranched alkanes of at least 4 members (excludes halogenated alkanes) is 3. The molecular weight excluding hydrogens is 277 g/mol. The average Bonchev–Trinajstić information content (AvgIpc) is 2.37. The second-order valence-corrected chi connectivity index (χ2v) is 6.05. The number of phosphoric ester groups is 1. The smallest absolute Gasteiger partial charge is 0.303 e. The van der Waals surface area contributed by atoms with Crippen molar-refractivity contribution in [1.29, 1.82) is 0 Å². The summed E-state index contributed by atoms with van der Waals surface area (Å²) in [5.74, 6) is 0. The van der Waals surface area contributed by atoms with Crippen LogP contribution < -0.4 is 0 Å². The van der Waals surface area contributed by atoms with Gasteiger partial charge in [0.25, 0.3) is 0 Å². The van der Waals surface area contributed by atoms with Crippen LogP contribution >= 0.6 is 7.82 Å². The van der Waals surface area contributed by atoms with Gasteiger partial charge in [0.1, 0.15) is 0 Å². The molecule has 0 unspecified atom stereocenters. The van der Waals surface area contributed by atoms with Gasteiger partial charge in [0, 0.05) is 0 Å². The normalized spacial score (nSPS) is 11.3. The maximum Gasteiger partial charge on any atom is 0.469 e. The van der Waals surface area contributed by atoms with Crippen LogP contribution in [0.1, 0.15) is 66.2 Å². The van der Waals surface area contributed by atoms with E-state index in [0.717, 1.165) is 0 Å². The van der Waals surface area contributed by atoms with Gasteiger partial charge in [-0.15, -0.1) is 0 Å². The highest BCUT2D eigenvalue weighted by atomic mass is 31.2. The molecule has 0 atom stereocenters. The van der Waals surface area contributed by atoms with E-state index < -0.39 is 7.82 Å². The van der Waals surface area contributed by atoms with Crippen molar-refractivity contribution in [1.82, 2.24) is 4.90 Å². The summed E-state index contributed by atoms with van der Waals surface area (Å²) >= 11 is 0. The monoisotopic (exact) mass is 311 g/mol. The molecule has 0 spiro atoms. The first-order valence-electron chi connectivity index (χ1n) is 7.83. The molecule has 0 bridgehead atoms. The second-order valence-electron chi connectivity index (χ2n) is 4.81. The van der Waals surface area contributed by atoms with E-state index in [-0.39, 0.29) is 6.61 Å². The van der Waals surface area contributed by atoms with E-state index in [1.54, 1.807) is 0 Å². The maximum absolute atomic E-state index is 9.70. The summed E-state index contributed by atoms with van der Waals surface area (Å²) in [6.45, 7) is 12.3. The van der Waals surface area contributed by atoms with Crippen molar-refractivity contribution in [2.75, 3.05) is 26.2 Å². The molecule has 124 valence electrons. The molecule has 0 fully saturated rings. The van der Waals surface area contributed by atoms with E-state index in [4.69, 9.17) is 9.79 Å². The molecule has 0 heterocycles. The molecule has 5 nitrogen and oxygen atoms in total. The summed E-state index contributed by atoms with van der Waals surface area (Å²) in [7, 11) is -4.17. The van der Waals surface area contributed by atoms with E-state index >= 15 is 0 Å². The van der Waals surface area contributed by atoms with Gasteiger partial charge >= 0.3 is 7.82 Å². The fourth-order valence-corrected chi connectivity index (χ4v) is 1.99. The van der Waals surface area contributed by atoms with Crippen molar-refractivity contribution in [2.45, 2.75) is 66.2 Å². The molecule has 0 aliphatic heterocycles. The topological polar surface area (TPSA) is 70.0 Å². The van der Waals surface area contributed by atoms with Crippen LogP contribution in [0.3, 0.4) is 0 Å². The second kappa shape index (κ2) is 15.5. The Balaban J connectivity index is 0. The van der Waals surface area contributed by atoms with Crippen LogP contribution in [0.25, 0.3) is 0 Å². The van der Waals surface area contributed by atoms with Gasteiger partial charge in [-0.2, -0.15) is 0 Å². The molecule has 2 N–H and O–H groups in total. The molecule has 20 heavy (non-hydrogen) atoms. The number of hydrogen-bond donors (Lipinski definition) is 2. The molecule has 0 aromatic carbocycles. The maximum atomic E-state index is 9.70. The van der Waals surface area contributed by atoms with Gasteiger partial charge in [-0.25, -0.2) is 4.57 Å². The van der Waals surface area contributed by atoms with Crippen LogP contribution in [-0.4, -0.2) is 40.9 Å². The van der Waals surface area contributed by atoms with E-state index in [1.807, 2.05) is 0 Å². The van der Waals surface area contributed by atoms with Crippen LogP contribution in [0.5, 0.6) is 0 Å². The molecule has 0 rings (SSSR count). The predicted octanol–water partition coefficient (Wildman–Crippen LogP) is 3.80. The first-order chi connectivity index (χ1) is 9.41. The fourth-order valence-electron chi connectivity index (χ4n) is 1.65. The lowest BCUT2D eigenvalue weighted by Gasteiger charge is -2.21. The number of rotatable bonds is 11. The zero-order chi connectivity index (χ0) is 15.9. The summed E-state index contributed by atoms with van der Waals surface area (Å²) in [4.78, 5) is 18.4. The Labute approximate surface area is 125 Å². The Kier molecular flexibility index (Phi) is 17.3. The molecule has 0 aromatic heterocycles. The van der Waals surface area contributed by atoms with Gasteiger partial charge in [0.05, 0.1) is 6.61 Å². The fraction of sp³-hybridized carbons (Fsp3) is 1.00. The zero-order valence-corrected chi connectivity index (χ0v) is 14.6. The Morgan fingerprint density at radius 2 is 1.20 bits per heavy atom. The van der Waals surface area contributed by atoms with Crippen molar-refractivity contribution in [2.24, 2.45) is 0 Å². The summed E-state index contributed by atoms with van der Waals surface area (Å²) in [5, 5.41) is 0. The SMILES string of the molecule is CCCCN(CCCC)CCCC.CCOP(=O)(O)O. The van der Waals surface area contributed by atoms with Crippen molar-refractivity contribution in [3.05, 3.63) is 0 Å². The third-order valence-corrected chi connectivity index (χ3v) is 3.38. The summed E-state index contributed by atoms with van der Waals surface area (Å²) < 4.78 is 13.6. The average molecular weight is 311 g/mol. The molecule has 0 amide bonds. The molecular formula is C14H34NO4P. The third-order valence-electron chi connectivity index (χ3n) is 2.78. The lowest BCUT2D eigenvalue weighted by molar-refractivity contribution is 0.206. The first-order valence-corrected chi connectivity index (χ1v) is 9.36. The summed E-state index contributed by atoms with van der Waals surface area (Å²) in [6.07, 6.45) is 8.09. The van der Waals surface area contributed by atoms with Gasteiger partial charge in [-0.1, -0.05) is 40.0 Å². The zero-order valence-electron chi connectivity index (χ0n) is 13.7. The molecule has 0 aromatic rings. The summed E-state index contributed by atoms with van der Waals surface area (Å²) in [5.41, 5.74) is 0. The highest BCUT2D eigenvalue weighted by Gasteiger charge is 2.10. The standard InChI is InChI=1S/C12H27N.C2H7O4P/c1-4-7-10-13(11-8-5-2)12-9-6-3;1-2-6-7(3,4)5/h4-12H2,1-3H3;2H2,1H3,(H2,3,4,5). The molecule has 0 radical (unpaired) electrons. The first kappa shape index (κ1) is 22.4. The number of phosphoric acid groups is 1. The van der Waals surface area contributed by atoms with Gasteiger partial charge in [0.15, 0.2) is 0 Å². The van der Waals surface area contributed by atoms with Crippen LogP contribution in [0, 0.1) is 0 Å². The van der Waals surface area contributed by atoms with Crippen LogP contribution in [0.2, 0.25) is 0 Å². The van der Waals surface area contributed by atoms with Gasteiger partial charge < -0.3 is 14.7 Å². The van der Waals surface area contributed by atoms with Crippen molar-refractivity contribution in [3.8, 4) is 0 Å². The largest absolute Gasteiger partial charge is 0.469 e. The molecule has 0 aliphatic rings. The van der Waals surface area contributed by atoms with E-state index in [1.165, 1.54) is 65.1 Å². The minimum atomic E-state index is -4.17. The van der Waals surface area contributed by atoms with E-state index in [9.17, 15) is 4.57 Å². The van der Waals surface area contributed by atoms with Crippen molar-refractivity contribution in [3.63, 3.8) is 0 Å². The number of hydrogen-bond acceptors (Lipinski definition) is 3. The minimum Gasteiger partial charge on any atom is -0.303 e. The van der Waals surface area contributed by atoms with E-state index in [2.05, 4.69) is 30.2 Å². The quantitative estimate of drug-likeness (QED) is 0.568. The Hall–Kier alpha value is 0.0700. The lowest BCUT2D eigenvalue weighted by Crippen LogP contribution is -2.27. The molecule has 0 saturated carbocycles. The molecule has 6 heteroatoms. The minimum absolute atomic E-state index is 0.0459. The number of nitrogens with zero attached hydrogens (tertiary/aromatic N) is 1. The highest BCUT2D eigenvalue weighted by molar-refractivity contribution is 7.46. The third kappa shape index (κ3) is 20.4. The van der Waals surface area contributed by atoms with Crippen molar-refractivity contribution < 1.29 is 18.9 Å². The van der Waals surface area contributed by atoms with Crippen molar-refractivity contribution >= 4 is 7.82 Å². The van der Waals surface area contributed by atoms with Crippen LogP contribution in [0.15, 0.2) is 0 Å². The predicted molar refractivity (Wildman–Crippen MR) is 84.8 cm³/mol. The summed E-state index contributed by atoms with van der Waals surface area (Å²) in [6, 6.07) is 0. The highest BCUT2D eigenvalue weighted by Crippen LogP contribution is 2.34. The van der Waals surface area contributed by atoms with E-state index in [0.29, 0.717) is 0 Å². The Bertz CT molecular complexity index is 214. The van der Waals surface area contributed by atoms with Gasteiger partial charge in [-0.3, -0.25) is 4.52 Å². The molecule has 0 aliphatic carbocycles. The molecule has 0 saturated heterocycles. The Morgan fingerprint density at radius 1 is 0.850 bits per heavy atom.